The van der Waals surface area contributed by atoms with Crippen LogP contribution in [0.25, 0.3) is 0 Å². The van der Waals surface area contributed by atoms with Gasteiger partial charge in [-0.3, -0.25) is 4.90 Å². The standard InChI is InChI=1S/C14H24N2O2/c1-9-10(2)13(18-7)11(8-12(9)17-6)14(15-3)16(4)5/h8,14-15H,1-7H3. The molecule has 1 atom stereocenters. The molecule has 1 N–H and O–H groups in total. The van der Waals surface area contributed by atoms with Crippen molar-refractivity contribution in [1.82, 2.24) is 10.2 Å². The molecule has 0 amide bonds. The van der Waals surface area contributed by atoms with Crippen LogP contribution in [-0.4, -0.2) is 40.3 Å². The van der Waals surface area contributed by atoms with Crippen LogP contribution in [0.4, 0.5) is 0 Å². The molecule has 4 nitrogen and oxygen atoms in total. The second-order valence-corrected chi connectivity index (χ2v) is 4.61. The van der Waals surface area contributed by atoms with E-state index in [0.29, 0.717) is 0 Å². The molecule has 0 aromatic heterocycles. The number of nitrogens with zero attached hydrogens (tertiary/aromatic N) is 1. The summed E-state index contributed by atoms with van der Waals surface area (Å²) in [6, 6.07) is 2.04. The first kappa shape index (κ1) is 14.8. The van der Waals surface area contributed by atoms with Gasteiger partial charge in [-0.2, -0.15) is 0 Å². The highest BCUT2D eigenvalue weighted by molar-refractivity contribution is 5.53. The van der Waals surface area contributed by atoms with Crippen molar-refractivity contribution >= 4 is 0 Å². The molecule has 0 fully saturated rings. The number of rotatable bonds is 5. The summed E-state index contributed by atoms with van der Waals surface area (Å²) >= 11 is 0. The van der Waals surface area contributed by atoms with Crippen molar-refractivity contribution in [1.29, 1.82) is 0 Å². The Hall–Kier alpha value is -1.26. The van der Waals surface area contributed by atoms with E-state index in [1.165, 1.54) is 0 Å². The first-order valence-electron chi connectivity index (χ1n) is 6.03. The van der Waals surface area contributed by atoms with Crippen LogP contribution in [0.2, 0.25) is 0 Å². The molecule has 0 aliphatic carbocycles. The fraction of sp³-hybridized carbons (Fsp3) is 0.571. The molecule has 0 aliphatic rings. The molecular weight excluding hydrogens is 228 g/mol. The van der Waals surface area contributed by atoms with Gasteiger partial charge in [0.2, 0.25) is 0 Å². The lowest BCUT2D eigenvalue weighted by Gasteiger charge is -2.27. The van der Waals surface area contributed by atoms with E-state index in [1.807, 2.05) is 34.1 Å². The Kier molecular flexibility index (Phi) is 4.99. The minimum atomic E-state index is 0.0909. The zero-order valence-corrected chi connectivity index (χ0v) is 12.4. The number of hydrogen-bond acceptors (Lipinski definition) is 4. The molecule has 0 saturated carbocycles. The van der Waals surface area contributed by atoms with Gasteiger partial charge in [-0.1, -0.05) is 0 Å². The molecule has 0 heterocycles. The van der Waals surface area contributed by atoms with Crippen molar-refractivity contribution in [3.63, 3.8) is 0 Å². The number of ether oxygens (including phenoxy) is 2. The van der Waals surface area contributed by atoms with Crippen molar-refractivity contribution in [2.75, 3.05) is 35.4 Å². The van der Waals surface area contributed by atoms with Crippen LogP contribution < -0.4 is 14.8 Å². The Bertz CT molecular complexity index is 417. The summed E-state index contributed by atoms with van der Waals surface area (Å²) < 4.78 is 11.0. The first-order chi connectivity index (χ1) is 8.47. The van der Waals surface area contributed by atoms with Gasteiger partial charge in [-0.25, -0.2) is 0 Å². The monoisotopic (exact) mass is 252 g/mol. The topological polar surface area (TPSA) is 33.7 Å². The van der Waals surface area contributed by atoms with Gasteiger partial charge in [0.1, 0.15) is 11.5 Å². The number of nitrogens with one attached hydrogen (secondary N) is 1. The van der Waals surface area contributed by atoms with Crippen LogP contribution in [0.5, 0.6) is 11.5 Å². The molecule has 0 radical (unpaired) electrons. The third-order valence-corrected chi connectivity index (χ3v) is 3.33. The van der Waals surface area contributed by atoms with Crippen molar-refractivity contribution in [2.24, 2.45) is 0 Å². The van der Waals surface area contributed by atoms with Crippen LogP contribution in [0.15, 0.2) is 6.07 Å². The molecule has 1 aromatic rings. The molecule has 1 unspecified atom stereocenters. The Balaban J connectivity index is 3.45. The van der Waals surface area contributed by atoms with Crippen LogP contribution in [0.3, 0.4) is 0 Å². The minimum Gasteiger partial charge on any atom is -0.496 e. The van der Waals surface area contributed by atoms with Crippen molar-refractivity contribution in [3.05, 3.63) is 22.8 Å². The highest BCUT2D eigenvalue weighted by Crippen LogP contribution is 2.36. The molecular formula is C14H24N2O2. The SMILES string of the molecule is CNC(c1cc(OC)c(C)c(C)c1OC)N(C)C. The maximum absolute atomic E-state index is 5.57. The van der Waals surface area contributed by atoms with Gasteiger partial charge < -0.3 is 14.8 Å². The second kappa shape index (κ2) is 6.07. The summed E-state index contributed by atoms with van der Waals surface area (Å²) in [6.45, 7) is 4.10. The Morgan fingerprint density at radius 1 is 1.11 bits per heavy atom. The first-order valence-corrected chi connectivity index (χ1v) is 6.03. The van der Waals surface area contributed by atoms with Crippen LogP contribution in [-0.2, 0) is 0 Å². The lowest BCUT2D eigenvalue weighted by atomic mass is 10.0. The van der Waals surface area contributed by atoms with Gasteiger partial charge in [0.05, 0.1) is 20.4 Å². The number of methoxy groups -OCH3 is 2. The summed E-state index contributed by atoms with van der Waals surface area (Å²) in [5, 5.41) is 3.28. The van der Waals surface area contributed by atoms with Crippen LogP contribution in [0.1, 0.15) is 22.9 Å². The average Bonchev–Trinajstić information content (AvgIpc) is 2.34. The van der Waals surface area contributed by atoms with Crippen LogP contribution >= 0.6 is 0 Å². The average molecular weight is 252 g/mol. The third kappa shape index (κ3) is 2.60. The molecule has 0 saturated heterocycles. The van der Waals surface area contributed by atoms with E-state index in [1.54, 1.807) is 14.2 Å². The predicted octanol–water partition coefficient (Wildman–Crippen LogP) is 2.10. The molecule has 0 aliphatic heterocycles. The van der Waals surface area contributed by atoms with Crippen molar-refractivity contribution in [3.8, 4) is 11.5 Å². The zero-order valence-electron chi connectivity index (χ0n) is 12.4. The van der Waals surface area contributed by atoms with Gasteiger partial charge in [0, 0.05) is 5.56 Å². The summed E-state index contributed by atoms with van der Waals surface area (Å²) in [7, 11) is 9.40. The summed E-state index contributed by atoms with van der Waals surface area (Å²) in [5.74, 6) is 1.81. The van der Waals surface area contributed by atoms with E-state index < -0.39 is 0 Å². The van der Waals surface area contributed by atoms with E-state index in [-0.39, 0.29) is 6.17 Å². The molecule has 1 aromatic carbocycles. The summed E-state index contributed by atoms with van der Waals surface area (Å²) in [6.07, 6.45) is 0.0909. The van der Waals surface area contributed by atoms with Gasteiger partial charge in [0.15, 0.2) is 0 Å². The largest absolute Gasteiger partial charge is 0.496 e. The Labute approximate surface area is 110 Å². The third-order valence-electron chi connectivity index (χ3n) is 3.33. The van der Waals surface area contributed by atoms with E-state index in [4.69, 9.17) is 9.47 Å². The van der Waals surface area contributed by atoms with Crippen LogP contribution in [0, 0.1) is 13.8 Å². The summed E-state index contributed by atoms with van der Waals surface area (Å²) in [4.78, 5) is 2.10. The van der Waals surface area contributed by atoms with Crippen molar-refractivity contribution in [2.45, 2.75) is 20.0 Å². The van der Waals surface area contributed by atoms with Gasteiger partial charge in [-0.05, 0) is 52.2 Å². The maximum Gasteiger partial charge on any atom is 0.128 e. The van der Waals surface area contributed by atoms with E-state index in [0.717, 1.165) is 28.2 Å². The number of benzene rings is 1. The molecule has 0 bridgehead atoms. The lowest BCUT2D eigenvalue weighted by molar-refractivity contribution is 0.255. The highest BCUT2D eigenvalue weighted by Gasteiger charge is 2.21. The van der Waals surface area contributed by atoms with Gasteiger partial charge in [-0.15, -0.1) is 0 Å². The van der Waals surface area contributed by atoms with Crippen molar-refractivity contribution < 1.29 is 9.47 Å². The number of hydrogen-bond donors (Lipinski definition) is 1. The second-order valence-electron chi connectivity index (χ2n) is 4.61. The molecule has 1 rings (SSSR count). The van der Waals surface area contributed by atoms with E-state index in [2.05, 4.69) is 17.1 Å². The fourth-order valence-corrected chi connectivity index (χ4v) is 2.26. The predicted molar refractivity (Wildman–Crippen MR) is 74.5 cm³/mol. The summed E-state index contributed by atoms with van der Waals surface area (Å²) in [5.41, 5.74) is 3.32. The smallest absolute Gasteiger partial charge is 0.128 e. The zero-order chi connectivity index (χ0) is 13.9. The molecule has 102 valence electrons. The van der Waals surface area contributed by atoms with E-state index >= 15 is 0 Å². The molecule has 4 heteroatoms. The van der Waals surface area contributed by atoms with Gasteiger partial charge >= 0.3 is 0 Å². The van der Waals surface area contributed by atoms with Gasteiger partial charge in [0.25, 0.3) is 0 Å². The minimum absolute atomic E-state index is 0.0909. The fourth-order valence-electron chi connectivity index (χ4n) is 2.26. The Morgan fingerprint density at radius 3 is 2.11 bits per heavy atom. The quantitative estimate of drug-likeness (QED) is 0.814. The lowest BCUT2D eigenvalue weighted by Crippen LogP contribution is -2.31. The molecule has 18 heavy (non-hydrogen) atoms. The Morgan fingerprint density at radius 2 is 1.72 bits per heavy atom. The maximum atomic E-state index is 5.57. The molecule has 0 spiro atoms. The normalized spacial score (nSPS) is 12.7. The van der Waals surface area contributed by atoms with E-state index in [9.17, 15) is 0 Å². The highest BCUT2D eigenvalue weighted by atomic mass is 16.5.